The topological polar surface area (TPSA) is 47.9 Å². The highest BCUT2D eigenvalue weighted by molar-refractivity contribution is 5.91. The van der Waals surface area contributed by atoms with Crippen LogP contribution in [0.2, 0.25) is 0 Å². The fourth-order valence-corrected chi connectivity index (χ4v) is 12.5. The van der Waals surface area contributed by atoms with E-state index in [1.54, 1.807) is 0 Å². The van der Waals surface area contributed by atoms with Crippen LogP contribution in [0.15, 0.2) is 182 Å². The molecule has 0 amide bonds. The molecule has 65 heavy (non-hydrogen) atoms. The van der Waals surface area contributed by atoms with E-state index in [1.807, 2.05) is 0 Å². The number of nitrogens with zero attached hydrogens (tertiary/aromatic N) is 3. The Bertz CT molecular complexity index is 3270. The normalized spacial score (nSPS) is 20.9. The summed E-state index contributed by atoms with van der Waals surface area (Å²) in [7, 11) is 0. The lowest BCUT2D eigenvalue weighted by molar-refractivity contribution is 0.0611. The summed E-state index contributed by atoms with van der Waals surface area (Å²) in [6.45, 7) is 4.96. The molecule has 8 aromatic carbocycles. The lowest BCUT2D eigenvalue weighted by atomic mass is 9.59. The zero-order chi connectivity index (χ0) is 43.2. The quantitative estimate of drug-likeness (QED) is 0.173. The highest BCUT2D eigenvalue weighted by Crippen LogP contribution is 2.62. The molecule has 4 heteroatoms. The van der Waals surface area contributed by atoms with Gasteiger partial charge in [0.2, 0.25) is 0 Å². The van der Waals surface area contributed by atoms with E-state index in [-0.39, 0.29) is 0 Å². The molecule has 2 bridgehead atoms. The van der Waals surface area contributed by atoms with Gasteiger partial charge >= 0.3 is 0 Å². The predicted molar refractivity (Wildman–Crippen MR) is 263 cm³/mol. The Hall–Kier alpha value is -7.17. The highest BCUT2D eigenvalue weighted by Gasteiger charge is 2.51. The monoisotopic (exact) mass is 839 g/mol. The first kappa shape index (κ1) is 38.3. The number of hydrogen-bond donors (Lipinski definition) is 0. The van der Waals surface area contributed by atoms with Crippen LogP contribution in [0, 0.1) is 23.7 Å². The van der Waals surface area contributed by atoms with Crippen molar-refractivity contribution in [2.24, 2.45) is 23.7 Å². The molecule has 0 saturated heterocycles. The zero-order valence-corrected chi connectivity index (χ0v) is 36.8. The summed E-state index contributed by atoms with van der Waals surface area (Å²) in [6, 6.07) is 65.9. The molecule has 4 nitrogen and oxygen atoms in total. The zero-order valence-electron chi connectivity index (χ0n) is 36.8. The average molecular weight is 840 g/mol. The predicted octanol–water partition coefficient (Wildman–Crippen LogP) is 15.3. The molecule has 314 valence electrons. The standard InChI is InChI=1S/C61H49N3O/c1-37-30-47-34-49(35-48(31-37)38(47)2)40-22-25-41(26-23-40)58-62-59(64-60(63-58)46-27-24-39-12-3-4-13-42(39)32-46)45-15-11-14-43(33-45)44-28-29-51-50-16-5-6-17-52(50)61(55(51)36-44)53-18-7-9-20-56(53)65-57-21-10-8-19-54(57)61/h3-29,32-33,36-38,47-49H,30-31,34-35H2,1-2H3/t37?,38?,47-,48?,49?/m1/s1. The highest BCUT2D eigenvalue weighted by atomic mass is 16.5. The van der Waals surface area contributed by atoms with E-state index in [4.69, 9.17) is 19.7 Å². The van der Waals surface area contributed by atoms with Crippen molar-refractivity contribution in [3.8, 4) is 67.9 Å². The van der Waals surface area contributed by atoms with Gasteiger partial charge in [-0.15, -0.1) is 0 Å². The van der Waals surface area contributed by atoms with Crippen molar-refractivity contribution >= 4 is 10.8 Å². The van der Waals surface area contributed by atoms with Crippen LogP contribution in [0.25, 0.3) is 67.2 Å². The molecule has 4 aliphatic rings. The molecule has 1 spiro atoms. The molecule has 2 heterocycles. The minimum Gasteiger partial charge on any atom is -0.457 e. The van der Waals surface area contributed by atoms with Gasteiger partial charge in [-0.05, 0) is 135 Å². The van der Waals surface area contributed by atoms with Gasteiger partial charge in [0.15, 0.2) is 17.5 Å². The van der Waals surface area contributed by atoms with Gasteiger partial charge in [0.05, 0.1) is 5.41 Å². The Morgan fingerprint density at radius 1 is 0.415 bits per heavy atom. The number of para-hydroxylation sites is 2. The van der Waals surface area contributed by atoms with E-state index in [1.165, 1.54) is 58.9 Å². The van der Waals surface area contributed by atoms with Gasteiger partial charge in [0.1, 0.15) is 11.5 Å². The Morgan fingerprint density at radius 2 is 0.954 bits per heavy atom. The van der Waals surface area contributed by atoms with Gasteiger partial charge in [0.25, 0.3) is 0 Å². The van der Waals surface area contributed by atoms with Crippen molar-refractivity contribution in [3.05, 3.63) is 210 Å². The van der Waals surface area contributed by atoms with Crippen LogP contribution < -0.4 is 4.74 Å². The number of rotatable bonds is 5. The van der Waals surface area contributed by atoms with Gasteiger partial charge in [-0.1, -0.05) is 166 Å². The number of benzene rings is 8. The summed E-state index contributed by atoms with van der Waals surface area (Å²) in [5.41, 5.74) is 13.4. The molecule has 0 radical (unpaired) electrons. The first-order valence-electron chi connectivity index (χ1n) is 23.6. The van der Waals surface area contributed by atoms with Crippen molar-refractivity contribution < 1.29 is 4.74 Å². The van der Waals surface area contributed by atoms with Crippen molar-refractivity contribution in [1.29, 1.82) is 0 Å². The number of hydrogen-bond acceptors (Lipinski definition) is 4. The van der Waals surface area contributed by atoms with Gasteiger partial charge in [-0.2, -0.15) is 0 Å². The Balaban J connectivity index is 0.919. The molecular weight excluding hydrogens is 791 g/mol. The fourth-order valence-electron chi connectivity index (χ4n) is 12.5. The minimum absolute atomic E-state index is 0.536. The van der Waals surface area contributed by atoms with E-state index < -0.39 is 5.41 Å². The fraction of sp³-hybridized carbons (Fsp3) is 0.197. The largest absolute Gasteiger partial charge is 0.457 e. The van der Waals surface area contributed by atoms with Crippen LogP contribution in [-0.2, 0) is 5.41 Å². The molecular formula is C61H49N3O. The molecule has 2 saturated carbocycles. The van der Waals surface area contributed by atoms with Crippen LogP contribution in [0.1, 0.15) is 73.3 Å². The summed E-state index contributed by atoms with van der Waals surface area (Å²) in [4.78, 5) is 15.7. The maximum Gasteiger partial charge on any atom is 0.164 e. The Kier molecular flexibility index (Phi) is 8.81. The molecule has 0 N–H and O–H groups in total. The van der Waals surface area contributed by atoms with Crippen LogP contribution in [0.3, 0.4) is 0 Å². The SMILES string of the molecule is CC1CC2CC(c3ccc(-c4nc(-c5cccc(-c6ccc7c(c6)C6(c8ccccc8Oc8ccccc86)c6ccccc6-7)c5)nc(-c5ccc6ccccc6c5)n4)cc3)C[C@@H](C1)C2C. The summed E-state index contributed by atoms with van der Waals surface area (Å²) in [6.07, 6.45) is 5.34. The number of fused-ring (bicyclic) bond motifs is 12. The molecule has 9 aromatic rings. The molecule has 13 rings (SSSR count). The summed E-state index contributed by atoms with van der Waals surface area (Å²) in [5.74, 6) is 7.78. The first-order chi connectivity index (χ1) is 32.0. The second-order valence-corrected chi connectivity index (χ2v) is 19.3. The lowest BCUT2D eigenvalue weighted by Gasteiger charge is -2.47. The smallest absolute Gasteiger partial charge is 0.164 e. The summed E-state index contributed by atoms with van der Waals surface area (Å²) >= 11 is 0. The second-order valence-electron chi connectivity index (χ2n) is 19.3. The third kappa shape index (κ3) is 6.14. The van der Waals surface area contributed by atoms with Crippen LogP contribution in [0.4, 0.5) is 0 Å². The average Bonchev–Trinajstić information content (AvgIpc) is 3.64. The maximum atomic E-state index is 6.61. The number of ether oxygens (including phenoxy) is 1. The molecule has 4 unspecified atom stereocenters. The van der Waals surface area contributed by atoms with Gasteiger partial charge < -0.3 is 4.74 Å². The maximum absolute atomic E-state index is 6.61. The third-order valence-electron chi connectivity index (χ3n) is 15.7. The van der Waals surface area contributed by atoms with Gasteiger partial charge in [-0.3, -0.25) is 0 Å². The summed E-state index contributed by atoms with van der Waals surface area (Å²) in [5, 5.41) is 2.35. The van der Waals surface area contributed by atoms with Crippen LogP contribution in [0.5, 0.6) is 11.5 Å². The Labute approximate surface area is 381 Å². The second kappa shape index (κ2) is 15.0. The van der Waals surface area contributed by atoms with Crippen molar-refractivity contribution in [3.63, 3.8) is 0 Å². The molecule has 1 aromatic heterocycles. The first-order valence-corrected chi connectivity index (χ1v) is 23.6. The van der Waals surface area contributed by atoms with Crippen molar-refractivity contribution in [2.45, 2.75) is 50.9 Å². The van der Waals surface area contributed by atoms with E-state index >= 15 is 0 Å². The molecule has 2 fully saturated rings. The summed E-state index contributed by atoms with van der Waals surface area (Å²) < 4.78 is 6.61. The lowest BCUT2D eigenvalue weighted by Crippen LogP contribution is -2.36. The van der Waals surface area contributed by atoms with E-state index in [2.05, 4.69) is 196 Å². The van der Waals surface area contributed by atoms with Crippen molar-refractivity contribution in [1.82, 2.24) is 15.0 Å². The van der Waals surface area contributed by atoms with Gasteiger partial charge in [-0.25, -0.2) is 15.0 Å². The van der Waals surface area contributed by atoms with Crippen LogP contribution in [-0.4, -0.2) is 15.0 Å². The molecule has 1 aliphatic heterocycles. The Morgan fingerprint density at radius 3 is 1.68 bits per heavy atom. The van der Waals surface area contributed by atoms with E-state index in [9.17, 15) is 0 Å². The van der Waals surface area contributed by atoms with Gasteiger partial charge in [0, 0.05) is 27.8 Å². The van der Waals surface area contributed by atoms with E-state index in [0.29, 0.717) is 23.4 Å². The van der Waals surface area contributed by atoms with Crippen molar-refractivity contribution in [2.75, 3.05) is 0 Å². The van der Waals surface area contributed by atoms with Crippen LogP contribution >= 0.6 is 0 Å². The third-order valence-corrected chi connectivity index (χ3v) is 15.7. The molecule has 3 aliphatic carbocycles. The minimum atomic E-state index is -0.536. The van der Waals surface area contributed by atoms with E-state index in [0.717, 1.165) is 79.5 Å². The molecule has 5 atom stereocenters. The number of aromatic nitrogens is 3.